The highest BCUT2D eigenvalue weighted by molar-refractivity contribution is 6.30. The summed E-state index contributed by atoms with van der Waals surface area (Å²) < 4.78 is 11.6. The van der Waals surface area contributed by atoms with E-state index in [1.54, 1.807) is 12.3 Å². The highest BCUT2D eigenvalue weighted by Crippen LogP contribution is 2.37. The van der Waals surface area contributed by atoms with Crippen molar-refractivity contribution in [2.75, 3.05) is 33.8 Å². The number of allylic oxidation sites excluding steroid dienone is 1. The summed E-state index contributed by atoms with van der Waals surface area (Å²) in [6.07, 6.45) is 3.35. The Hall–Kier alpha value is -2.76. The van der Waals surface area contributed by atoms with Crippen molar-refractivity contribution in [1.29, 1.82) is 0 Å². The molecule has 0 aliphatic carbocycles. The van der Waals surface area contributed by atoms with Crippen molar-refractivity contribution in [2.24, 2.45) is 0 Å². The molecule has 2 aromatic carbocycles. The van der Waals surface area contributed by atoms with Crippen LogP contribution in [0.3, 0.4) is 0 Å². The first-order valence-corrected chi connectivity index (χ1v) is 10.3. The van der Waals surface area contributed by atoms with Gasteiger partial charge in [0.25, 0.3) is 0 Å². The summed E-state index contributed by atoms with van der Waals surface area (Å²) in [6.45, 7) is 5.74. The topological polar surface area (TPSA) is 54.7 Å². The van der Waals surface area contributed by atoms with Gasteiger partial charge in [0.1, 0.15) is 11.3 Å². The summed E-state index contributed by atoms with van der Waals surface area (Å²) in [7, 11) is 3.94. The molecule has 1 amide bonds. The van der Waals surface area contributed by atoms with Crippen LogP contribution in [0.5, 0.6) is 5.75 Å². The summed E-state index contributed by atoms with van der Waals surface area (Å²) in [6, 6.07) is 11.5. The summed E-state index contributed by atoms with van der Waals surface area (Å²) in [5, 5.41) is 4.55. The minimum atomic E-state index is -0.123. The lowest BCUT2D eigenvalue weighted by atomic mass is 9.99. The Morgan fingerprint density at radius 1 is 1.23 bits per heavy atom. The molecule has 6 heteroatoms. The fraction of sp³-hybridized carbons (Fsp3) is 0.292. The highest BCUT2D eigenvalue weighted by atomic mass is 35.5. The van der Waals surface area contributed by atoms with Crippen LogP contribution in [0.1, 0.15) is 19.4 Å². The van der Waals surface area contributed by atoms with Crippen LogP contribution >= 0.6 is 11.6 Å². The van der Waals surface area contributed by atoms with Crippen molar-refractivity contribution in [1.82, 2.24) is 10.2 Å². The monoisotopic (exact) mass is 426 g/mol. The molecular weight excluding hydrogens is 400 g/mol. The second kappa shape index (κ2) is 9.83. The minimum Gasteiger partial charge on any atom is -0.493 e. The number of hydrogen-bond donors (Lipinski definition) is 1. The number of amides is 1. The third kappa shape index (κ3) is 5.23. The van der Waals surface area contributed by atoms with Crippen LogP contribution in [0.25, 0.3) is 27.7 Å². The maximum Gasteiger partial charge on any atom is 0.244 e. The van der Waals surface area contributed by atoms with E-state index in [1.165, 1.54) is 0 Å². The lowest BCUT2D eigenvalue weighted by Gasteiger charge is -2.12. The third-order valence-corrected chi connectivity index (χ3v) is 5.01. The fourth-order valence-electron chi connectivity index (χ4n) is 3.22. The van der Waals surface area contributed by atoms with Gasteiger partial charge in [0.15, 0.2) is 0 Å². The molecule has 1 aromatic heterocycles. The van der Waals surface area contributed by atoms with E-state index in [1.807, 2.05) is 69.2 Å². The van der Waals surface area contributed by atoms with Gasteiger partial charge < -0.3 is 19.4 Å². The Bertz CT molecular complexity index is 1050. The summed E-state index contributed by atoms with van der Waals surface area (Å²) >= 11 is 6.03. The Kier molecular flexibility index (Phi) is 7.19. The fourth-order valence-corrected chi connectivity index (χ4v) is 3.35. The first kappa shape index (κ1) is 21.9. The van der Waals surface area contributed by atoms with Gasteiger partial charge in [-0.05, 0) is 57.3 Å². The van der Waals surface area contributed by atoms with Crippen LogP contribution in [-0.4, -0.2) is 44.6 Å². The number of carbonyl (C=O) groups is 1. The smallest absolute Gasteiger partial charge is 0.244 e. The van der Waals surface area contributed by atoms with Crippen molar-refractivity contribution in [2.45, 2.75) is 13.8 Å². The molecular formula is C24H27ClN2O3. The Morgan fingerprint density at radius 3 is 2.63 bits per heavy atom. The molecule has 0 aliphatic heterocycles. The standard InChI is InChI=1S/C24H27ClN2O3/c1-5-29-22-14-23-20(21(15-30-23)17-6-8-18(25)9-7-17)13-19(22)16(2)12-24(28)26-10-11-27(3)4/h6-9,12-15H,5,10-11H2,1-4H3,(H,26,28)/b16-12+. The average Bonchev–Trinajstić information content (AvgIpc) is 3.10. The van der Waals surface area contributed by atoms with Crippen LogP contribution in [0.15, 0.2) is 53.2 Å². The van der Waals surface area contributed by atoms with Gasteiger partial charge in [0.05, 0.1) is 12.9 Å². The predicted molar refractivity (Wildman–Crippen MR) is 123 cm³/mol. The number of rotatable bonds is 8. The van der Waals surface area contributed by atoms with Gasteiger partial charge in [-0.3, -0.25) is 4.79 Å². The van der Waals surface area contributed by atoms with Crippen LogP contribution in [0, 0.1) is 0 Å². The van der Waals surface area contributed by atoms with E-state index in [2.05, 4.69) is 5.32 Å². The van der Waals surface area contributed by atoms with Crippen molar-refractivity contribution >= 4 is 34.1 Å². The maximum absolute atomic E-state index is 12.3. The molecule has 1 heterocycles. The number of ether oxygens (including phenoxy) is 1. The van der Waals surface area contributed by atoms with Crippen molar-refractivity contribution in [3.8, 4) is 16.9 Å². The van der Waals surface area contributed by atoms with Gasteiger partial charge in [-0.15, -0.1) is 0 Å². The van der Waals surface area contributed by atoms with E-state index in [-0.39, 0.29) is 5.91 Å². The van der Waals surface area contributed by atoms with E-state index in [0.717, 1.165) is 39.8 Å². The number of hydrogen-bond acceptors (Lipinski definition) is 4. The number of fused-ring (bicyclic) bond motifs is 1. The minimum absolute atomic E-state index is 0.123. The lowest BCUT2D eigenvalue weighted by Crippen LogP contribution is -2.30. The van der Waals surface area contributed by atoms with Crippen molar-refractivity contribution in [3.05, 3.63) is 59.3 Å². The molecule has 3 rings (SSSR count). The number of benzene rings is 2. The van der Waals surface area contributed by atoms with E-state index >= 15 is 0 Å². The van der Waals surface area contributed by atoms with Crippen molar-refractivity contribution in [3.63, 3.8) is 0 Å². The number of furan rings is 1. The normalized spacial score (nSPS) is 11.9. The number of halogens is 1. The molecule has 0 atom stereocenters. The molecule has 0 unspecified atom stereocenters. The quantitative estimate of drug-likeness (QED) is 0.501. The maximum atomic E-state index is 12.3. The van der Waals surface area contributed by atoms with Gasteiger partial charge in [-0.1, -0.05) is 23.7 Å². The number of nitrogens with zero attached hydrogens (tertiary/aromatic N) is 1. The number of likely N-dealkylation sites (N-methyl/N-ethyl adjacent to an activating group) is 1. The molecule has 3 aromatic rings. The van der Waals surface area contributed by atoms with Gasteiger partial charge in [-0.2, -0.15) is 0 Å². The Labute approximate surface area is 182 Å². The Morgan fingerprint density at radius 2 is 1.97 bits per heavy atom. The zero-order valence-electron chi connectivity index (χ0n) is 17.8. The van der Waals surface area contributed by atoms with E-state index in [0.29, 0.717) is 23.9 Å². The average molecular weight is 427 g/mol. The molecule has 30 heavy (non-hydrogen) atoms. The highest BCUT2D eigenvalue weighted by Gasteiger charge is 2.15. The number of carbonyl (C=O) groups excluding carboxylic acids is 1. The largest absolute Gasteiger partial charge is 0.493 e. The summed E-state index contributed by atoms with van der Waals surface area (Å²) in [4.78, 5) is 14.4. The summed E-state index contributed by atoms with van der Waals surface area (Å²) in [5.41, 5.74) is 4.40. The van der Waals surface area contributed by atoms with Crippen LogP contribution in [-0.2, 0) is 4.79 Å². The first-order valence-electron chi connectivity index (χ1n) is 9.94. The van der Waals surface area contributed by atoms with Gasteiger partial charge >= 0.3 is 0 Å². The van der Waals surface area contributed by atoms with Gasteiger partial charge in [0, 0.05) is 46.8 Å². The second-order valence-corrected chi connectivity index (χ2v) is 7.79. The third-order valence-electron chi connectivity index (χ3n) is 4.76. The van der Waals surface area contributed by atoms with Crippen LogP contribution in [0.4, 0.5) is 0 Å². The van der Waals surface area contributed by atoms with Crippen LogP contribution in [0.2, 0.25) is 5.02 Å². The van der Waals surface area contributed by atoms with Crippen molar-refractivity contribution < 1.29 is 13.9 Å². The zero-order valence-corrected chi connectivity index (χ0v) is 18.5. The van der Waals surface area contributed by atoms with Crippen LogP contribution < -0.4 is 10.1 Å². The Balaban J connectivity index is 1.98. The summed E-state index contributed by atoms with van der Waals surface area (Å²) in [5.74, 6) is 0.568. The van der Waals surface area contributed by atoms with E-state index in [4.69, 9.17) is 20.8 Å². The van der Waals surface area contributed by atoms with E-state index in [9.17, 15) is 4.79 Å². The first-order chi connectivity index (χ1) is 14.4. The molecule has 5 nitrogen and oxygen atoms in total. The zero-order chi connectivity index (χ0) is 21.7. The number of nitrogens with one attached hydrogen (secondary N) is 1. The van der Waals surface area contributed by atoms with E-state index < -0.39 is 0 Å². The molecule has 0 fully saturated rings. The molecule has 1 N–H and O–H groups in total. The second-order valence-electron chi connectivity index (χ2n) is 7.36. The molecule has 0 spiro atoms. The SMILES string of the molecule is CCOc1cc2occ(-c3ccc(Cl)cc3)c2cc1/C(C)=C/C(=O)NCCN(C)C. The van der Waals surface area contributed by atoms with Gasteiger partial charge in [0.2, 0.25) is 5.91 Å². The molecule has 0 aliphatic rings. The van der Waals surface area contributed by atoms with Gasteiger partial charge in [-0.25, -0.2) is 0 Å². The molecule has 158 valence electrons. The predicted octanol–water partition coefficient (Wildman–Crippen LogP) is 5.23. The molecule has 0 bridgehead atoms. The molecule has 0 saturated heterocycles. The molecule has 0 saturated carbocycles. The lowest BCUT2D eigenvalue weighted by molar-refractivity contribution is -0.116. The molecule has 0 radical (unpaired) electrons.